The Morgan fingerprint density at radius 2 is 1.88 bits per heavy atom. The average molecular weight is 236 g/mol. The van der Waals surface area contributed by atoms with Crippen LogP contribution in [-0.2, 0) is 0 Å². The monoisotopic (exact) mass is 236 g/mol. The molecule has 1 N–H and O–H groups in total. The van der Waals surface area contributed by atoms with Crippen molar-refractivity contribution in [1.82, 2.24) is 9.62 Å². The number of nitrogens with one attached hydrogen (secondary N) is 1. The van der Waals surface area contributed by atoms with Crippen LogP contribution in [0.2, 0.25) is 0 Å². The summed E-state index contributed by atoms with van der Waals surface area (Å²) in [6, 6.07) is 8.35. The first kappa shape index (κ1) is 11.0. The van der Waals surface area contributed by atoms with E-state index in [1.165, 1.54) is 0 Å². The van der Waals surface area contributed by atoms with Gasteiger partial charge in [-0.1, -0.05) is 31.0 Å². The van der Waals surface area contributed by atoms with Crippen molar-refractivity contribution in [1.29, 1.82) is 0 Å². The molecule has 84 valence electrons. The maximum atomic E-state index is 11.8. The van der Waals surface area contributed by atoms with Gasteiger partial charge in [0.2, 0.25) is 0 Å². The van der Waals surface area contributed by atoms with Crippen molar-refractivity contribution >= 4 is 24.8 Å². The van der Waals surface area contributed by atoms with Crippen LogP contribution in [0.3, 0.4) is 0 Å². The molecular formula is C11H12N2O2S. The van der Waals surface area contributed by atoms with Crippen LogP contribution in [0.15, 0.2) is 30.3 Å². The second kappa shape index (κ2) is 4.57. The Hall–Kier alpha value is -1.49. The fourth-order valence-corrected chi connectivity index (χ4v) is 1.43. The smallest absolute Gasteiger partial charge is 0.334 e. The molecule has 0 radical (unpaired) electrons. The molecule has 0 aromatic heterocycles. The molecule has 1 fully saturated rings. The molecule has 1 saturated carbocycles. The Labute approximate surface area is 99.2 Å². The quantitative estimate of drug-likeness (QED) is 0.770. The first-order valence-corrected chi connectivity index (χ1v) is 5.47. The zero-order chi connectivity index (χ0) is 11.5. The average Bonchev–Trinajstić information content (AvgIpc) is 3.12. The van der Waals surface area contributed by atoms with Crippen molar-refractivity contribution in [3.05, 3.63) is 35.9 Å². The Bertz CT molecular complexity index is 404. The number of amides is 3. The van der Waals surface area contributed by atoms with Gasteiger partial charge < -0.3 is 5.32 Å². The Morgan fingerprint density at radius 1 is 1.25 bits per heavy atom. The van der Waals surface area contributed by atoms with Gasteiger partial charge in [-0.2, -0.15) is 0 Å². The van der Waals surface area contributed by atoms with Crippen molar-refractivity contribution in [3.8, 4) is 0 Å². The molecule has 1 aliphatic rings. The maximum Gasteiger partial charge on any atom is 0.334 e. The minimum absolute atomic E-state index is 0.214. The van der Waals surface area contributed by atoms with E-state index in [9.17, 15) is 9.59 Å². The molecule has 0 spiro atoms. The number of hydrogen-bond donors (Lipinski definition) is 2. The van der Waals surface area contributed by atoms with Gasteiger partial charge in [-0.15, -0.1) is 0 Å². The summed E-state index contributed by atoms with van der Waals surface area (Å²) in [6.45, 7) is 0. The van der Waals surface area contributed by atoms with Gasteiger partial charge in [-0.05, 0) is 25.0 Å². The van der Waals surface area contributed by atoms with Gasteiger partial charge in [0.25, 0.3) is 5.91 Å². The second-order valence-electron chi connectivity index (χ2n) is 3.71. The third kappa shape index (κ3) is 2.55. The fourth-order valence-electron chi connectivity index (χ4n) is 1.26. The van der Waals surface area contributed by atoms with E-state index in [2.05, 4.69) is 18.1 Å². The molecule has 0 bridgehead atoms. The predicted molar refractivity (Wildman–Crippen MR) is 63.2 cm³/mol. The Balaban J connectivity index is 2.00. The number of imide groups is 1. The minimum atomic E-state index is -0.459. The summed E-state index contributed by atoms with van der Waals surface area (Å²) in [5, 5.41) is 2.69. The van der Waals surface area contributed by atoms with Crippen LogP contribution in [0.4, 0.5) is 4.79 Å². The van der Waals surface area contributed by atoms with E-state index < -0.39 is 11.9 Å². The zero-order valence-electron chi connectivity index (χ0n) is 8.59. The molecule has 2 rings (SSSR count). The number of carbonyl (C=O) groups excluding carboxylic acids is 2. The molecule has 0 atom stereocenters. The summed E-state index contributed by atoms with van der Waals surface area (Å²) in [5.41, 5.74) is 0.448. The van der Waals surface area contributed by atoms with Crippen LogP contribution >= 0.6 is 12.8 Å². The summed E-state index contributed by atoms with van der Waals surface area (Å²) < 4.78 is 0.813. The van der Waals surface area contributed by atoms with Crippen molar-refractivity contribution in [2.24, 2.45) is 0 Å². The molecule has 1 aromatic carbocycles. The van der Waals surface area contributed by atoms with Crippen molar-refractivity contribution in [3.63, 3.8) is 0 Å². The van der Waals surface area contributed by atoms with E-state index >= 15 is 0 Å². The molecule has 4 nitrogen and oxygen atoms in total. The van der Waals surface area contributed by atoms with E-state index in [1.54, 1.807) is 24.3 Å². The highest BCUT2D eigenvalue weighted by molar-refractivity contribution is 7.79. The van der Waals surface area contributed by atoms with Crippen molar-refractivity contribution < 1.29 is 9.59 Å². The highest BCUT2D eigenvalue weighted by Gasteiger charge is 2.27. The third-order valence-electron chi connectivity index (χ3n) is 2.31. The van der Waals surface area contributed by atoms with Gasteiger partial charge in [-0.25, -0.2) is 9.10 Å². The normalized spacial score (nSPS) is 14.3. The lowest BCUT2D eigenvalue weighted by Gasteiger charge is -2.14. The molecule has 3 amide bonds. The van der Waals surface area contributed by atoms with Gasteiger partial charge in [0.1, 0.15) is 0 Å². The van der Waals surface area contributed by atoms with Crippen LogP contribution in [0.25, 0.3) is 0 Å². The fraction of sp³-hybridized carbons (Fsp3) is 0.273. The van der Waals surface area contributed by atoms with Crippen LogP contribution in [0, 0.1) is 0 Å². The lowest BCUT2D eigenvalue weighted by atomic mass is 10.2. The first-order valence-electron chi connectivity index (χ1n) is 5.07. The van der Waals surface area contributed by atoms with Crippen molar-refractivity contribution in [2.45, 2.75) is 18.9 Å². The third-order valence-corrected chi connectivity index (χ3v) is 2.67. The SMILES string of the molecule is O=C(NC1CC1)N(S)C(=O)c1ccccc1. The van der Waals surface area contributed by atoms with Crippen molar-refractivity contribution in [2.75, 3.05) is 0 Å². The summed E-state index contributed by atoms with van der Waals surface area (Å²) in [5.74, 6) is -0.415. The molecule has 0 heterocycles. The molecule has 5 heteroatoms. The van der Waals surface area contributed by atoms with Crippen LogP contribution < -0.4 is 5.32 Å². The standard InChI is InChI=1S/C11H12N2O2S/c14-10(8-4-2-1-3-5-8)13(16)11(15)12-9-6-7-9/h1-5,9,16H,6-7H2,(H,12,15). The predicted octanol–water partition coefficient (Wildman–Crippen LogP) is 1.85. The number of hydrogen-bond acceptors (Lipinski definition) is 3. The van der Waals surface area contributed by atoms with E-state index in [0.717, 1.165) is 17.1 Å². The van der Waals surface area contributed by atoms with Gasteiger partial charge in [-0.3, -0.25) is 4.79 Å². The van der Waals surface area contributed by atoms with Gasteiger partial charge in [0, 0.05) is 11.6 Å². The lowest BCUT2D eigenvalue weighted by molar-refractivity contribution is 0.0895. The van der Waals surface area contributed by atoms with E-state index in [0.29, 0.717) is 5.56 Å². The summed E-state index contributed by atoms with van der Waals surface area (Å²) >= 11 is 3.91. The summed E-state index contributed by atoms with van der Waals surface area (Å²) in [4.78, 5) is 23.3. The maximum absolute atomic E-state index is 11.8. The molecular weight excluding hydrogens is 224 g/mol. The molecule has 1 aliphatic carbocycles. The molecule has 0 aliphatic heterocycles. The van der Waals surface area contributed by atoms with E-state index in [4.69, 9.17) is 0 Å². The minimum Gasteiger partial charge on any atom is -0.334 e. The number of thiol groups is 1. The molecule has 16 heavy (non-hydrogen) atoms. The van der Waals surface area contributed by atoms with Crippen LogP contribution in [0.5, 0.6) is 0 Å². The first-order chi connectivity index (χ1) is 7.68. The number of carbonyl (C=O) groups is 2. The summed E-state index contributed by atoms with van der Waals surface area (Å²) in [6.07, 6.45) is 1.96. The number of nitrogens with zero attached hydrogens (tertiary/aromatic N) is 1. The van der Waals surface area contributed by atoms with Gasteiger partial charge in [0.05, 0.1) is 0 Å². The molecule has 0 saturated heterocycles. The number of rotatable bonds is 2. The number of benzene rings is 1. The zero-order valence-corrected chi connectivity index (χ0v) is 9.48. The molecule has 1 aromatic rings. The Kier molecular flexibility index (Phi) is 3.14. The highest BCUT2D eigenvalue weighted by atomic mass is 32.1. The van der Waals surface area contributed by atoms with Crippen LogP contribution in [-0.4, -0.2) is 22.3 Å². The van der Waals surface area contributed by atoms with E-state index in [-0.39, 0.29) is 6.04 Å². The largest absolute Gasteiger partial charge is 0.334 e. The second-order valence-corrected chi connectivity index (χ2v) is 4.11. The topological polar surface area (TPSA) is 49.4 Å². The Morgan fingerprint density at radius 3 is 2.44 bits per heavy atom. The van der Waals surface area contributed by atoms with Crippen LogP contribution in [0.1, 0.15) is 23.2 Å². The van der Waals surface area contributed by atoms with E-state index in [1.807, 2.05) is 6.07 Å². The summed E-state index contributed by atoms with van der Waals surface area (Å²) in [7, 11) is 0. The van der Waals surface area contributed by atoms with Gasteiger partial charge >= 0.3 is 6.03 Å². The number of urea groups is 1. The highest BCUT2D eigenvalue weighted by Crippen LogP contribution is 2.19. The van der Waals surface area contributed by atoms with Gasteiger partial charge in [0.15, 0.2) is 0 Å². The lowest BCUT2D eigenvalue weighted by Crippen LogP contribution is -2.38. The molecule has 0 unspecified atom stereocenters.